The summed E-state index contributed by atoms with van der Waals surface area (Å²) in [6, 6.07) is 5.26. The molecule has 1 N–H and O–H groups in total. The molecule has 0 aliphatic carbocycles. The van der Waals surface area contributed by atoms with E-state index in [1.54, 1.807) is 12.1 Å². The molecule has 0 fully saturated rings. The standard InChI is InChI=1S/C14H22BrFN2/c1-3-18(4-2)9-5-8-17-11-12-6-7-13(15)14(16)10-12/h6-7,10,17H,3-5,8-9,11H2,1-2H3. The van der Waals surface area contributed by atoms with Crippen LogP contribution in [0.15, 0.2) is 22.7 Å². The maximum absolute atomic E-state index is 13.3. The van der Waals surface area contributed by atoms with Crippen LogP contribution in [0.4, 0.5) is 4.39 Å². The minimum atomic E-state index is -0.197. The van der Waals surface area contributed by atoms with Crippen LogP contribution in [0.25, 0.3) is 0 Å². The number of nitrogens with zero attached hydrogens (tertiary/aromatic N) is 1. The van der Waals surface area contributed by atoms with Gasteiger partial charge in [-0.25, -0.2) is 4.39 Å². The van der Waals surface area contributed by atoms with Gasteiger partial charge in [0.15, 0.2) is 0 Å². The third-order valence-corrected chi connectivity index (χ3v) is 3.68. The highest BCUT2D eigenvalue weighted by molar-refractivity contribution is 9.10. The van der Waals surface area contributed by atoms with Crippen molar-refractivity contribution < 1.29 is 4.39 Å². The van der Waals surface area contributed by atoms with E-state index in [0.29, 0.717) is 4.47 Å². The largest absolute Gasteiger partial charge is 0.313 e. The molecular formula is C14H22BrFN2. The van der Waals surface area contributed by atoms with E-state index >= 15 is 0 Å². The molecule has 0 saturated carbocycles. The van der Waals surface area contributed by atoms with E-state index in [2.05, 4.69) is 40.0 Å². The Bertz CT molecular complexity index is 354. The average molecular weight is 317 g/mol. The van der Waals surface area contributed by atoms with Gasteiger partial charge in [-0.15, -0.1) is 0 Å². The number of benzene rings is 1. The molecule has 4 heteroatoms. The second kappa shape index (κ2) is 8.62. The van der Waals surface area contributed by atoms with Crippen LogP contribution in [0.5, 0.6) is 0 Å². The van der Waals surface area contributed by atoms with Crippen molar-refractivity contribution in [2.24, 2.45) is 0 Å². The molecule has 0 unspecified atom stereocenters. The zero-order chi connectivity index (χ0) is 13.4. The Labute approximate surface area is 118 Å². The molecule has 0 spiro atoms. The molecule has 0 bridgehead atoms. The van der Waals surface area contributed by atoms with Gasteiger partial charge in [0.05, 0.1) is 4.47 Å². The van der Waals surface area contributed by atoms with Gasteiger partial charge in [-0.2, -0.15) is 0 Å². The van der Waals surface area contributed by atoms with Crippen LogP contribution >= 0.6 is 15.9 Å². The van der Waals surface area contributed by atoms with Gasteiger partial charge >= 0.3 is 0 Å². The Morgan fingerprint density at radius 2 is 2.00 bits per heavy atom. The van der Waals surface area contributed by atoms with Crippen molar-refractivity contribution >= 4 is 15.9 Å². The Morgan fingerprint density at radius 3 is 2.61 bits per heavy atom. The molecule has 0 heterocycles. The molecule has 2 nitrogen and oxygen atoms in total. The van der Waals surface area contributed by atoms with Crippen LogP contribution < -0.4 is 5.32 Å². The molecule has 18 heavy (non-hydrogen) atoms. The van der Waals surface area contributed by atoms with Crippen LogP contribution in [0.3, 0.4) is 0 Å². The molecule has 0 saturated heterocycles. The van der Waals surface area contributed by atoms with Crippen molar-refractivity contribution in [2.45, 2.75) is 26.8 Å². The minimum absolute atomic E-state index is 0.197. The third kappa shape index (κ3) is 5.46. The normalized spacial score (nSPS) is 11.2. The van der Waals surface area contributed by atoms with Crippen LogP contribution in [0.1, 0.15) is 25.8 Å². The number of halogens is 2. The summed E-state index contributed by atoms with van der Waals surface area (Å²) < 4.78 is 13.8. The lowest BCUT2D eigenvalue weighted by molar-refractivity contribution is 0.298. The number of hydrogen-bond donors (Lipinski definition) is 1. The lowest BCUT2D eigenvalue weighted by Gasteiger charge is -2.17. The van der Waals surface area contributed by atoms with E-state index in [-0.39, 0.29) is 5.82 Å². The van der Waals surface area contributed by atoms with Gasteiger partial charge in [0.1, 0.15) is 5.82 Å². The number of hydrogen-bond acceptors (Lipinski definition) is 2. The number of rotatable bonds is 8. The Balaban J connectivity index is 2.19. The van der Waals surface area contributed by atoms with Crippen LogP contribution in [-0.4, -0.2) is 31.1 Å². The molecule has 0 amide bonds. The summed E-state index contributed by atoms with van der Waals surface area (Å²) >= 11 is 3.15. The van der Waals surface area contributed by atoms with Gasteiger partial charge in [-0.05, 0) is 66.2 Å². The molecular weight excluding hydrogens is 295 g/mol. The first kappa shape index (κ1) is 15.6. The highest BCUT2D eigenvalue weighted by Gasteiger charge is 2.01. The zero-order valence-electron chi connectivity index (χ0n) is 11.2. The lowest BCUT2D eigenvalue weighted by atomic mass is 10.2. The molecule has 0 aliphatic rings. The van der Waals surface area contributed by atoms with Crippen molar-refractivity contribution in [3.8, 4) is 0 Å². The van der Waals surface area contributed by atoms with Crippen LogP contribution in [0.2, 0.25) is 0 Å². The van der Waals surface area contributed by atoms with Gasteiger partial charge < -0.3 is 10.2 Å². The number of nitrogens with one attached hydrogen (secondary N) is 1. The first-order chi connectivity index (χ1) is 8.67. The van der Waals surface area contributed by atoms with Gasteiger partial charge in [0.2, 0.25) is 0 Å². The Hall–Kier alpha value is -0.450. The SMILES string of the molecule is CCN(CC)CCCNCc1ccc(Br)c(F)c1. The van der Waals surface area contributed by atoms with E-state index in [9.17, 15) is 4.39 Å². The van der Waals surface area contributed by atoms with Gasteiger partial charge in [0.25, 0.3) is 0 Å². The van der Waals surface area contributed by atoms with Crippen LogP contribution in [0, 0.1) is 5.82 Å². The highest BCUT2D eigenvalue weighted by Crippen LogP contribution is 2.16. The van der Waals surface area contributed by atoms with E-state index in [1.807, 2.05) is 6.07 Å². The van der Waals surface area contributed by atoms with E-state index in [0.717, 1.165) is 44.7 Å². The maximum atomic E-state index is 13.3. The molecule has 0 aliphatic heterocycles. The van der Waals surface area contributed by atoms with Gasteiger partial charge in [0, 0.05) is 6.54 Å². The van der Waals surface area contributed by atoms with Crippen molar-refractivity contribution in [3.05, 3.63) is 34.1 Å². The second-order valence-electron chi connectivity index (χ2n) is 4.31. The summed E-state index contributed by atoms with van der Waals surface area (Å²) in [7, 11) is 0. The van der Waals surface area contributed by atoms with Crippen molar-refractivity contribution in [2.75, 3.05) is 26.2 Å². The summed E-state index contributed by atoms with van der Waals surface area (Å²) in [4.78, 5) is 2.40. The van der Waals surface area contributed by atoms with Gasteiger partial charge in [-0.3, -0.25) is 0 Å². The third-order valence-electron chi connectivity index (χ3n) is 3.04. The fourth-order valence-electron chi connectivity index (χ4n) is 1.85. The van der Waals surface area contributed by atoms with E-state index < -0.39 is 0 Å². The highest BCUT2D eigenvalue weighted by atomic mass is 79.9. The summed E-state index contributed by atoms with van der Waals surface area (Å²) in [6.07, 6.45) is 1.13. The zero-order valence-corrected chi connectivity index (χ0v) is 12.8. The fourth-order valence-corrected chi connectivity index (χ4v) is 2.10. The Morgan fingerprint density at radius 1 is 1.28 bits per heavy atom. The summed E-state index contributed by atoms with van der Waals surface area (Å²) in [6.45, 7) is 9.39. The monoisotopic (exact) mass is 316 g/mol. The van der Waals surface area contributed by atoms with Crippen LogP contribution in [-0.2, 0) is 6.54 Å². The molecule has 102 valence electrons. The molecule has 1 rings (SSSR count). The average Bonchev–Trinajstić information content (AvgIpc) is 2.38. The molecule has 1 aromatic carbocycles. The molecule has 0 atom stereocenters. The topological polar surface area (TPSA) is 15.3 Å². The molecule has 0 aromatic heterocycles. The molecule has 0 radical (unpaired) electrons. The quantitative estimate of drug-likeness (QED) is 0.739. The maximum Gasteiger partial charge on any atom is 0.137 e. The fraction of sp³-hybridized carbons (Fsp3) is 0.571. The lowest BCUT2D eigenvalue weighted by Crippen LogP contribution is -2.27. The predicted octanol–water partition coefficient (Wildman–Crippen LogP) is 3.41. The first-order valence-corrected chi connectivity index (χ1v) is 7.33. The van der Waals surface area contributed by atoms with Crippen molar-refractivity contribution in [1.29, 1.82) is 0 Å². The van der Waals surface area contributed by atoms with Crippen molar-refractivity contribution in [3.63, 3.8) is 0 Å². The Kier molecular flexibility index (Phi) is 7.47. The summed E-state index contributed by atoms with van der Waals surface area (Å²) in [5.41, 5.74) is 0.985. The first-order valence-electron chi connectivity index (χ1n) is 6.54. The van der Waals surface area contributed by atoms with Gasteiger partial charge in [-0.1, -0.05) is 19.9 Å². The predicted molar refractivity (Wildman–Crippen MR) is 78.2 cm³/mol. The second-order valence-corrected chi connectivity index (χ2v) is 5.16. The van der Waals surface area contributed by atoms with E-state index in [4.69, 9.17) is 0 Å². The summed E-state index contributed by atoms with van der Waals surface area (Å²) in [5, 5.41) is 3.34. The summed E-state index contributed by atoms with van der Waals surface area (Å²) in [5.74, 6) is -0.197. The smallest absolute Gasteiger partial charge is 0.137 e. The van der Waals surface area contributed by atoms with E-state index in [1.165, 1.54) is 0 Å². The minimum Gasteiger partial charge on any atom is -0.313 e. The molecule has 1 aromatic rings. The van der Waals surface area contributed by atoms with Crippen molar-refractivity contribution in [1.82, 2.24) is 10.2 Å².